The van der Waals surface area contributed by atoms with Gasteiger partial charge in [-0.3, -0.25) is 9.59 Å². The highest BCUT2D eigenvalue weighted by Crippen LogP contribution is 2.29. The van der Waals surface area contributed by atoms with Gasteiger partial charge in [-0.2, -0.15) is 0 Å². The van der Waals surface area contributed by atoms with E-state index in [-0.39, 0.29) is 29.3 Å². The number of hydrogen-bond donors (Lipinski definition) is 4. The normalized spacial score (nSPS) is 14.3. The number of nitrogens with one attached hydrogen (secondary N) is 2. The van der Waals surface area contributed by atoms with E-state index < -0.39 is 5.56 Å². The van der Waals surface area contributed by atoms with E-state index in [2.05, 4.69) is 15.3 Å². The lowest BCUT2D eigenvalue weighted by Crippen LogP contribution is -2.32. The first-order valence-corrected chi connectivity index (χ1v) is 8.73. The van der Waals surface area contributed by atoms with Gasteiger partial charge in [0.1, 0.15) is 17.3 Å². The zero-order valence-corrected chi connectivity index (χ0v) is 14.7. The van der Waals surface area contributed by atoms with Crippen LogP contribution in [-0.2, 0) is 0 Å². The number of anilines is 2. The minimum absolute atomic E-state index is 0.0470. The molecule has 1 aromatic carbocycles. The molecule has 8 heteroatoms. The number of nitrogens with zero attached hydrogens (tertiary/aromatic N) is 1. The van der Waals surface area contributed by atoms with E-state index in [0.29, 0.717) is 23.5 Å². The summed E-state index contributed by atoms with van der Waals surface area (Å²) < 4.78 is 5.65. The van der Waals surface area contributed by atoms with E-state index in [9.17, 15) is 9.59 Å². The second kappa shape index (κ2) is 7.47. The minimum Gasteiger partial charge on any atom is -0.493 e. The lowest BCUT2D eigenvalue weighted by Gasteiger charge is -2.15. The molecule has 1 aliphatic carbocycles. The highest BCUT2D eigenvalue weighted by molar-refractivity contribution is 5.95. The molecule has 2 aromatic rings. The fraction of sp³-hybridized carbons (Fsp3) is 0.389. The van der Waals surface area contributed by atoms with Crippen molar-refractivity contribution in [1.29, 1.82) is 0 Å². The maximum absolute atomic E-state index is 12.5. The number of benzene rings is 1. The van der Waals surface area contributed by atoms with E-state index in [1.54, 1.807) is 18.2 Å². The molecule has 0 radical (unpaired) electrons. The Kier molecular flexibility index (Phi) is 5.11. The van der Waals surface area contributed by atoms with Gasteiger partial charge >= 0.3 is 0 Å². The van der Waals surface area contributed by atoms with Crippen LogP contribution in [0, 0.1) is 0 Å². The Morgan fingerprint density at radius 2 is 2.08 bits per heavy atom. The van der Waals surface area contributed by atoms with Gasteiger partial charge in [-0.05, 0) is 38.0 Å². The summed E-state index contributed by atoms with van der Waals surface area (Å²) in [6.07, 6.45) is 4.31. The van der Waals surface area contributed by atoms with Crippen LogP contribution in [-0.4, -0.2) is 28.5 Å². The predicted molar refractivity (Wildman–Crippen MR) is 100 cm³/mol. The van der Waals surface area contributed by atoms with E-state index >= 15 is 0 Å². The molecule has 1 aliphatic rings. The second-order valence-corrected chi connectivity index (χ2v) is 6.31. The zero-order valence-electron chi connectivity index (χ0n) is 14.7. The van der Waals surface area contributed by atoms with Crippen LogP contribution < -0.4 is 27.1 Å². The van der Waals surface area contributed by atoms with E-state index in [4.69, 9.17) is 16.2 Å². The first-order valence-electron chi connectivity index (χ1n) is 8.73. The molecule has 1 aromatic heterocycles. The molecule has 138 valence electrons. The number of aromatic amines is 1. The van der Waals surface area contributed by atoms with Gasteiger partial charge in [-0.15, -0.1) is 0 Å². The number of amides is 1. The average molecular weight is 357 g/mol. The number of nitrogen functional groups attached to an aromatic ring is 2. The number of ether oxygens (including phenoxy) is 1. The molecule has 0 bridgehead atoms. The summed E-state index contributed by atoms with van der Waals surface area (Å²) in [6.45, 7) is 2.23. The van der Waals surface area contributed by atoms with Crippen LogP contribution in [0.15, 0.2) is 23.0 Å². The number of rotatable bonds is 5. The molecule has 0 aliphatic heterocycles. The van der Waals surface area contributed by atoms with Crippen molar-refractivity contribution in [2.75, 3.05) is 18.1 Å². The zero-order chi connectivity index (χ0) is 18.7. The van der Waals surface area contributed by atoms with Crippen molar-refractivity contribution in [2.45, 2.75) is 38.6 Å². The molecule has 0 saturated heterocycles. The van der Waals surface area contributed by atoms with E-state index in [1.165, 1.54) is 0 Å². The molecular formula is C18H23N5O3. The Labute approximate surface area is 151 Å². The molecule has 1 fully saturated rings. The van der Waals surface area contributed by atoms with E-state index in [0.717, 1.165) is 25.7 Å². The summed E-state index contributed by atoms with van der Waals surface area (Å²) >= 11 is 0. The van der Waals surface area contributed by atoms with Gasteiger partial charge in [-0.25, -0.2) is 4.98 Å². The third-order valence-electron chi connectivity index (χ3n) is 4.47. The summed E-state index contributed by atoms with van der Waals surface area (Å²) in [5.74, 6) is 0.503. The molecule has 1 heterocycles. The number of H-pyrrole nitrogens is 1. The molecule has 0 unspecified atom stereocenters. The van der Waals surface area contributed by atoms with Crippen LogP contribution in [0.2, 0.25) is 0 Å². The van der Waals surface area contributed by atoms with Gasteiger partial charge in [0.2, 0.25) is 0 Å². The molecule has 0 atom stereocenters. The minimum atomic E-state index is -0.516. The molecule has 26 heavy (non-hydrogen) atoms. The fourth-order valence-electron chi connectivity index (χ4n) is 3.10. The molecular weight excluding hydrogens is 334 g/mol. The van der Waals surface area contributed by atoms with Crippen molar-refractivity contribution < 1.29 is 9.53 Å². The standard InChI is InChI=1S/C18H23N5O3/c1-2-26-13-9-10(17(24)21-11-5-3-4-6-11)7-8-12(13)16-22-15(20)14(19)18(25)23-16/h7-9,11H,2-6,19H2,1H3,(H,21,24)(H3,20,22,23,25). The van der Waals surface area contributed by atoms with Crippen molar-refractivity contribution in [3.05, 3.63) is 34.1 Å². The molecule has 3 rings (SSSR count). The van der Waals surface area contributed by atoms with Gasteiger partial charge in [0.25, 0.3) is 11.5 Å². The average Bonchev–Trinajstić information content (AvgIpc) is 3.12. The molecule has 8 nitrogen and oxygen atoms in total. The largest absolute Gasteiger partial charge is 0.493 e. The smallest absolute Gasteiger partial charge is 0.276 e. The third kappa shape index (κ3) is 3.63. The van der Waals surface area contributed by atoms with Gasteiger partial charge in [0.15, 0.2) is 5.82 Å². The topological polar surface area (TPSA) is 136 Å². The highest BCUT2D eigenvalue weighted by atomic mass is 16.5. The van der Waals surface area contributed by atoms with Crippen LogP contribution in [0.25, 0.3) is 11.4 Å². The summed E-state index contributed by atoms with van der Waals surface area (Å²) in [6, 6.07) is 5.24. The lowest BCUT2D eigenvalue weighted by atomic mass is 10.1. The van der Waals surface area contributed by atoms with Crippen molar-refractivity contribution in [1.82, 2.24) is 15.3 Å². The Morgan fingerprint density at radius 1 is 1.35 bits per heavy atom. The van der Waals surface area contributed by atoms with Crippen molar-refractivity contribution in [2.24, 2.45) is 0 Å². The van der Waals surface area contributed by atoms with Crippen LogP contribution in [0.3, 0.4) is 0 Å². The molecule has 0 spiro atoms. The Hall–Kier alpha value is -3.03. The van der Waals surface area contributed by atoms with Crippen molar-refractivity contribution >= 4 is 17.4 Å². The Bertz CT molecular complexity index is 872. The number of carbonyl (C=O) groups is 1. The quantitative estimate of drug-likeness (QED) is 0.642. The predicted octanol–water partition coefficient (Wildman–Crippen LogP) is 1.67. The second-order valence-electron chi connectivity index (χ2n) is 6.31. The summed E-state index contributed by atoms with van der Waals surface area (Å²) in [5.41, 5.74) is 11.6. The highest BCUT2D eigenvalue weighted by Gasteiger charge is 2.20. The van der Waals surface area contributed by atoms with Gasteiger partial charge < -0.3 is 26.5 Å². The number of aromatic nitrogens is 2. The van der Waals surface area contributed by atoms with Crippen molar-refractivity contribution in [3.63, 3.8) is 0 Å². The molecule has 1 amide bonds. The summed E-state index contributed by atoms with van der Waals surface area (Å²) in [5, 5.41) is 3.04. The fourth-order valence-corrected chi connectivity index (χ4v) is 3.10. The monoisotopic (exact) mass is 357 g/mol. The van der Waals surface area contributed by atoms with Gasteiger partial charge in [0.05, 0.1) is 12.2 Å². The molecule has 6 N–H and O–H groups in total. The molecule has 1 saturated carbocycles. The number of hydrogen-bond acceptors (Lipinski definition) is 6. The lowest BCUT2D eigenvalue weighted by molar-refractivity contribution is 0.0937. The van der Waals surface area contributed by atoms with Crippen LogP contribution in [0.5, 0.6) is 5.75 Å². The third-order valence-corrected chi connectivity index (χ3v) is 4.47. The summed E-state index contributed by atoms with van der Waals surface area (Å²) in [7, 11) is 0. The first-order chi connectivity index (χ1) is 12.5. The number of carbonyl (C=O) groups excluding carboxylic acids is 1. The van der Waals surface area contributed by atoms with E-state index in [1.807, 2.05) is 6.92 Å². The Balaban J connectivity index is 1.94. The van der Waals surface area contributed by atoms with Gasteiger partial charge in [-0.1, -0.05) is 12.8 Å². The van der Waals surface area contributed by atoms with Crippen molar-refractivity contribution in [3.8, 4) is 17.1 Å². The van der Waals surface area contributed by atoms with Gasteiger partial charge in [0, 0.05) is 11.6 Å². The van der Waals surface area contributed by atoms with Crippen LogP contribution in [0.1, 0.15) is 43.0 Å². The SMILES string of the molecule is CCOc1cc(C(=O)NC2CCCC2)ccc1-c1nc(N)c(N)c(=O)[nH]1. The van der Waals surface area contributed by atoms with Crippen LogP contribution in [0.4, 0.5) is 11.5 Å². The first kappa shape index (κ1) is 17.8. The number of nitrogens with two attached hydrogens (primary N) is 2. The maximum atomic E-state index is 12.5. The van der Waals surface area contributed by atoms with Crippen LogP contribution >= 0.6 is 0 Å². The Morgan fingerprint density at radius 3 is 2.73 bits per heavy atom. The summed E-state index contributed by atoms with van der Waals surface area (Å²) in [4.78, 5) is 31.1. The maximum Gasteiger partial charge on any atom is 0.276 e.